The van der Waals surface area contributed by atoms with Crippen LogP contribution in [0.5, 0.6) is 17.2 Å². The van der Waals surface area contributed by atoms with E-state index in [9.17, 15) is 30.2 Å². The first-order chi connectivity index (χ1) is 27.5. The third kappa shape index (κ3) is 9.74. The lowest BCUT2D eigenvalue weighted by atomic mass is 9.88. The number of pyridine rings is 1. The molecule has 0 amide bonds. The zero-order valence-corrected chi connectivity index (χ0v) is 33.0. The molecule has 1 unspecified atom stereocenters. The largest absolute Gasteiger partial charge is 0.493 e. The molecule has 3 heterocycles. The van der Waals surface area contributed by atoms with Gasteiger partial charge in [0.25, 0.3) is 0 Å². The third-order valence-corrected chi connectivity index (χ3v) is 11.4. The molecule has 300 valence electrons. The van der Waals surface area contributed by atoms with Crippen LogP contribution >= 0.6 is 0 Å². The molecule has 2 atom stereocenters. The number of piperidine rings is 1. The van der Waals surface area contributed by atoms with E-state index in [0.29, 0.717) is 75.8 Å². The molecule has 0 aliphatic carbocycles. The number of nitriles is 1. The number of aryl methyl sites for hydroxylation is 1. The molecule has 1 aromatic heterocycles. The van der Waals surface area contributed by atoms with E-state index in [4.69, 9.17) is 14.2 Å². The minimum Gasteiger partial charge on any atom is -0.493 e. The summed E-state index contributed by atoms with van der Waals surface area (Å²) in [7, 11) is 0. The van der Waals surface area contributed by atoms with Gasteiger partial charge in [0, 0.05) is 49.2 Å². The molecule has 2 aliphatic heterocycles. The van der Waals surface area contributed by atoms with Gasteiger partial charge in [0.05, 0.1) is 18.8 Å². The van der Waals surface area contributed by atoms with Gasteiger partial charge in [0.2, 0.25) is 0 Å². The Morgan fingerprint density at radius 1 is 0.895 bits per heavy atom. The van der Waals surface area contributed by atoms with Crippen LogP contribution in [-0.4, -0.2) is 87.5 Å². The topological polar surface area (TPSA) is 166 Å². The molecule has 6 rings (SSSR count). The normalized spacial score (nSPS) is 18.5. The molecule has 2 fully saturated rings. The van der Waals surface area contributed by atoms with E-state index >= 15 is 0 Å². The predicted octanol–water partition coefficient (Wildman–Crippen LogP) is 6.68. The Balaban J connectivity index is 1.15. The van der Waals surface area contributed by atoms with E-state index in [1.165, 1.54) is 6.20 Å². The SMILES string of the molecule is Cc1cc(CN2CCCC[C@H]2C(=O)O)c(OCc2cncc(C#N)c2)cc1OCc1cccc(-c2cccc(OCCCN3CCC(CO)(C(=O)O)C3)c2C)c1C. The number of aromatic nitrogens is 1. The quantitative estimate of drug-likeness (QED) is 0.0976. The maximum Gasteiger partial charge on any atom is 0.320 e. The number of ether oxygens (including phenoxy) is 3. The van der Waals surface area contributed by atoms with Crippen LogP contribution in [0.2, 0.25) is 0 Å². The van der Waals surface area contributed by atoms with E-state index in [-0.39, 0.29) is 13.2 Å². The van der Waals surface area contributed by atoms with Crippen molar-refractivity contribution in [3.8, 4) is 34.4 Å². The summed E-state index contributed by atoms with van der Waals surface area (Å²) in [6.45, 7) is 9.54. The van der Waals surface area contributed by atoms with Crippen molar-refractivity contribution in [1.29, 1.82) is 5.26 Å². The van der Waals surface area contributed by atoms with Gasteiger partial charge in [-0.3, -0.25) is 19.5 Å². The Kier molecular flexibility index (Phi) is 13.5. The molecule has 3 aromatic carbocycles. The maximum atomic E-state index is 12.1. The van der Waals surface area contributed by atoms with E-state index in [1.807, 2.05) is 42.2 Å². The van der Waals surface area contributed by atoms with Gasteiger partial charge in [-0.2, -0.15) is 5.26 Å². The summed E-state index contributed by atoms with van der Waals surface area (Å²) < 4.78 is 19.1. The molecule has 57 heavy (non-hydrogen) atoms. The minimum absolute atomic E-state index is 0.181. The highest BCUT2D eigenvalue weighted by atomic mass is 16.5. The van der Waals surface area contributed by atoms with E-state index in [2.05, 4.69) is 48.0 Å². The van der Waals surface area contributed by atoms with Crippen molar-refractivity contribution in [3.05, 3.63) is 106 Å². The van der Waals surface area contributed by atoms with Gasteiger partial charge in [-0.15, -0.1) is 0 Å². The second kappa shape index (κ2) is 18.6. The van der Waals surface area contributed by atoms with Crippen molar-refractivity contribution < 1.29 is 39.1 Å². The number of aliphatic hydroxyl groups excluding tert-OH is 1. The number of hydrogen-bond donors (Lipinski definition) is 3. The fourth-order valence-corrected chi connectivity index (χ4v) is 7.95. The fourth-order valence-electron chi connectivity index (χ4n) is 7.95. The first kappa shape index (κ1) is 41.2. The Hall–Kier alpha value is -5.48. The van der Waals surface area contributed by atoms with Crippen molar-refractivity contribution in [2.75, 3.05) is 39.4 Å². The average molecular weight is 777 g/mol. The number of nitrogens with zero attached hydrogens (tertiary/aromatic N) is 4. The van der Waals surface area contributed by atoms with E-state index in [1.54, 1.807) is 12.3 Å². The lowest BCUT2D eigenvalue weighted by Crippen LogP contribution is -2.44. The van der Waals surface area contributed by atoms with Crippen molar-refractivity contribution in [2.45, 2.75) is 78.7 Å². The van der Waals surface area contributed by atoms with E-state index < -0.39 is 23.4 Å². The fraction of sp³-hybridized carbons (Fsp3) is 0.422. The number of carbonyl (C=O) groups is 2. The molecule has 12 heteroatoms. The highest BCUT2D eigenvalue weighted by molar-refractivity contribution is 5.76. The van der Waals surface area contributed by atoms with Gasteiger partial charge < -0.3 is 34.4 Å². The Morgan fingerprint density at radius 2 is 1.67 bits per heavy atom. The monoisotopic (exact) mass is 776 g/mol. The van der Waals surface area contributed by atoms with Gasteiger partial charge in [-0.1, -0.05) is 36.8 Å². The molecular formula is C45H52N4O8. The number of aliphatic carboxylic acids is 2. The van der Waals surface area contributed by atoms with Crippen LogP contribution in [-0.2, 0) is 29.3 Å². The summed E-state index contributed by atoms with van der Waals surface area (Å²) >= 11 is 0. The first-order valence-corrected chi connectivity index (χ1v) is 19.6. The summed E-state index contributed by atoms with van der Waals surface area (Å²) in [5, 5.41) is 38.6. The van der Waals surface area contributed by atoms with Crippen LogP contribution in [0.25, 0.3) is 11.1 Å². The number of aliphatic hydroxyl groups is 1. The third-order valence-electron chi connectivity index (χ3n) is 11.4. The summed E-state index contributed by atoms with van der Waals surface area (Å²) in [4.78, 5) is 32.1. The summed E-state index contributed by atoms with van der Waals surface area (Å²) in [5.74, 6) is 0.278. The van der Waals surface area contributed by atoms with Gasteiger partial charge >= 0.3 is 11.9 Å². The maximum absolute atomic E-state index is 12.1. The molecule has 0 saturated carbocycles. The smallest absolute Gasteiger partial charge is 0.320 e. The Labute approximate surface area is 334 Å². The molecule has 0 bridgehead atoms. The molecule has 0 radical (unpaired) electrons. The lowest BCUT2D eigenvalue weighted by Gasteiger charge is -2.33. The van der Waals surface area contributed by atoms with Gasteiger partial charge in [-0.05, 0) is 111 Å². The van der Waals surface area contributed by atoms with Crippen LogP contribution in [0.15, 0.2) is 67.0 Å². The molecule has 0 spiro atoms. The highest BCUT2D eigenvalue weighted by Crippen LogP contribution is 2.36. The number of carboxylic acid groups (broad SMARTS) is 2. The average Bonchev–Trinajstić information content (AvgIpc) is 3.65. The predicted molar refractivity (Wildman–Crippen MR) is 214 cm³/mol. The number of rotatable bonds is 17. The molecule has 12 nitrogen and oxygen atoms in total. The van der Waals surface area contributed by atoms with Gasteiger partial charge in [-0.25, -0.2) is 0 Å². The lowest BCUT2D eigenvalue weighted by molar-refractivity contribution is -0.150. The van der Waals surface area contributed by atoms with Crippen LogP contribution < -0.4 is 14.2 Å². The van der Waals surface area contributed by atoms with Crippen LogP contribution in [0, 0.1) is 37.5 Å². The highest BCUT2D eigenvalue weighted by Gasteiger charge is 2.44. The number of carboxylic acids is 2. The molecular weight excluding hydrogens is 725 g/mol. The number of likely N-dealkylation sites (tertiary alicyclic amines) is 2. The second-order valence-electron chi connectivity index (χ2n) is 15.3. The van der Waals surface area contributed by atoms with Crippen LogP contribution in [0.4, 0.5) is 0 Å². The molecule has 3 N–H and O–H groups in total. The van der Waals surface area contributed by atoms with E-state index in [0.717, 1.165) is 69.5 Å². The first-order valence-electron chi connectivity index (χ1n) is 19.6. The molecule has 2 aliphatic rings. The van der Waals surface area contributed by atoms with Crippen molar-refractivity contribution >= 4 is 11.9 Å². The second-order valence-corrected chi connectivity index (χ2v) is 15.3. The molecule has 2 saturated heterocycles. The minimum atomic E-state index is -1.07. The molecule has 4 aromatic rings. The summed E-state index contributed by atoms with van der Waals surface area (Å²) in [5.41, 5.74) is 7.15. The summed E-state index contributed by atoms with van der Waals surface area (Å²) in [6.07, 6.45) is 6.78. The van der Waals surface area contributed by atoms with Crippen molar-refractivity contribution in [2.24, 2.45) is 5.41 Å². The Bertz CT molecular complexity index is 2120. The summed E-state index contributed by atoms with van der Waals surface area (Å²) in [6, 6.07) is 19.4. The van der Waals surface area contributed by atoms with Crippen molar-refractivity contribution in [3.63, 3.8) is 0 Å². The van der Waals surface area contributed by atoms with Gasteiger partial charge in [0.15, 0.2) is 0 Å². The van der Waals surface area contributed by atoms with Crippen molar-refractivity contribution in [1.82, 2.24) is 14.8 Å². The number of hydrogen-bond acceptors (Lipinski definition) is 10. The van der Waals surface area contributed by atoms with Crippen LogP contribution in [0.1, 0.15) is 71.0 Å². The Morgan fingerprint density at radius 3 is 2.40 bits per heavy atom. The zero-order chi connectivity index (χ0) is 40.5. The zero-order valence-electron chi connectivity index (χ0n) is 33.0. The van der Waals surface area contributed by atoms with Gasteiger partial charge in [0.1, 0.15) is 48.0 Å². The standard InChI is InChI=1S/C45H52N4O8/c1-30-19-36(25-49-16-5-4-12-39(49)43(51)52)42(56-26-34-20-33(22-46)23-47-24-34)21-41(30)57-27-35-9-6-10-37(31(35)2)38-11-7-13-40(32(38)3)55-18-8-15-48-17-14-45(28-48,29-50)44(53)54/h6-7,9-11,13,19-21,23-24,39,50H,4-5,8,12,14-18,25-29H2,1-3H3,(H,51,52)(H,53,54)/t39-,45?/m0/s1. The number of benzene rings is 3. The van der Waals surface area contributed by atoms with Crippen LogP contribution in [0.3, 0.4) is 0 Å².